The SMILES string of the molecule is CC1(C)CC(Oc2ccc(Br)cc2CO)C(C)(C)O1. The molecule has 1 fully saturated rings. The van der Waals surface area contributed by atoms with Crippen molar-refractivity contribution in [1.82, 2.24) is 0 Å². The number of rotatable bonds is 3. The standard InChI is InChI=1S/C15H21BrO3/c1-14(2)8-13(15(3,4)19-14)18-12-6-5-11(16)7-10(12)9-17/h5-7,13,17H,8-9H2,1-4H3. The maximum atomic E-state index is 9.42. The third kappa shape index (κ3) is 3.30. The average Bonchev–Trinajstić information content (AvgIpc) is 2.49. The highest BCUT2D eigenvalue weighted by Crippen LogP contribution is 2.40. The van der Waals surface area contributed by atoms with Crippen LogP contribution in [0.1, 0.15) is 39.7 Å². The van der Waals surface area contributed by atoms with Crippen LogP contribution in [0.4, 0.5) is 0 Å². The number of aliphatic hydroxyl groups excluding tert-OH is 1. The van der Waals surface area contributed by atoms with Gasteiger partial charge < -0.3 is 14.6 Å². The van der Waals surface area contributed by atoms with Crippen molar-refractivity contribution in [2.45, 2.75) is 58.0 Å². The van der Waals surface area contributed by atoms with Crippen molar-refractivity contribution < 1.29 is 14.6 Å². The van der Waals surface area contributed by atoms with Crippen LogP contribution in [-0.2, 0) is 11.3 Å². The molecule has 0 aromatic heterocycles. The molecule has 0 radical (unpaired) electrons. The van der Waals surface area contributed by atoms with E-state index in [2.05, 4.69) is 29.8 Å². The number of halogens is 1. The first-order valence-corrected chi connectivity index (χ1v) is 7.29. The van der Waals surface area contributed by atoms with E-state index >= 15 is 0 Å². The zero-order chi connectivity index (χ0) is 14.3. The van der Waals surface area contributed by atoms with Gasteiger partial charge in [-0.3, -0.25) is 0 Å². The van der Waals surface area contributed by atoms with Gasteiger partial charge in [-0.1, -0.05) is 15.9 Å². The maximum Gasteiger partial charge on any atom is 0.130 e. The molecule has 0 amide bonds. The lowest BCUT2D eigenvalue weighted by Crippen LogP contribution is -2.36. The summed E-state index contributed by atoms with van der Waals surface area (Å²) in [4.78, 5) is 0. The predicted octanol–water partition coefficient (Wildman–Crippen LogP) is 3.67. The van der Waals surface area contributed by atoms with Crippen LogP contribution >= 0.6 is 15.9 Å². The molecule has 1 aliphatic rings. The van der Waals surface area contributed by atoms with Gasteiger partial charge in [0.2, 0.25) is 0 Å². The van der Waals surface area contributed by atoms with Crippen LogP contribution in [0.25, 0.3) is 0 Å². The fourth-order valence-corrected chi connectivity index (χ4v) is 3.04. The van der Waals surface area contributed by atoms with Crippen LogP contribution in [0.5, 0.6) is 5.75 Å². The van der Waals surface area contributed by atoms with Crippen molar-refractivity contribution >= 4 is 15.9 Å². The summed E-state index contributed by atoms with van der Waals surface area (Å²) < 4.78 is 13.1. The second kappa shape index (κ2) is 5.08. The minimum Gasteiger partial charge on any atom is -0.487 e. The second-order valence-electron chi connectivity index (χ2n) is 6.19. The largest absolute Gasteiger partial charge is 0.487 e. The van der Waals surface area contributed by atoms with E-state index in [-0.39, 0.29) is 23.9 Å². The molecule has 0 saturated carbocycles. The van der Waals surface area contributed by atoms with Gasteiger partial charge in [0.1, 0.15) is 17.5 Å². The highest BCUT2D eigenvalue weighted by atomic mass is 79.9. The van der Waals surface area contributed by atoms with Crippen LogP contribution < -0.4 is 4.74 Å². The van der Waals surface area contributed by atoms with E-state index in [0.717, 1.165) is 22.2 Å². The highest BCUT2D eigenvalue weighted by molar-refractivity contribution is 9.10. The summed E-state index contributed by atoms with van der Waals surface area (Å²) in [6, 6.07) is 5.68. The molecular weight excluding hydrogens is 308 g/mol. The minimum absolute atomic E-state index is 0.0195. The number of hydrogen-bond donors (Lipinski definition) is 1. The molecular formula is C15H21BrO3. The Hall–Kier alpha value is -0.580. The molecule has 3 nitrogen and oxygen atoms in total. The molecule has 19 heavy (non-hydrogen) atoms. The van der Waals surface area contributed by atoms with Crippen molar-refractivity contribution in [2.24, 2.45) is 0 Å². The summed E-state index contributed by atoms with van der Waals surface area (Å²) in [6.45, 7) is 8.21. The van der Waals surface area contributed by atoms with E-state index in [9.17, 15) is 5.11 Å². The molecule has 106 valence electrons. The average molecular weight is 329 g/mol. The van der Waals surface area contributed by atoms with Gasteiger partial charge in [0, 0.05) is 16.5 Å². The van der Waals surface area contributed by atoms with Gasteiger partial charge >= 0.3 is 0 Å². The van der Waals surface area contributed by atoms with Crippen molar-refractivity contribution in [2.75, 3.05) is 0 Å². The van der Waals surface area contributed by atoms with E-state index in [1.807, 2.05) is 32.0 Å². The lowest BCUT2D eigenvalue weighted by Gasteiger charge is -2.28. The lowest BCUT2D eigenvalue weighted by atomic mass is 9.97. The lowest BCUT2D eigenvalue weighted by molar-refractivity contribution is -0.0847. The molecule has 1 aromatic carbocycles. The first kappa shape index (κ1) is 14.8. The fourth-order valence-electron chi connectivity index (χ4n) is 2.64. The van der Waals surface area contributed by atoms with Gasteiger partial charge in [0.25, 0.3) is 0 Å². The first-order chi connectivity index (χ1) is 8.73. The van der Waals surface area contributed by atoms with Crippen molar-refractivity contribution in [3.05, 3.63) is 28.2 Å². The summed E-state index contributed by atoms with van der Waals surface area (Å²) in [7, 11) is 0. The predicted molar refractivity (Wildman–Crippen MR) is 78.3 cm³/mol. The summed E-state index contributed by atoms with van der Waals surface area (Å²) in [5.41, 5.74) is 0.279. The normalized spacial score (nSPS) is 24.4. The fraction of sp³-hybridized carbons (Fsp3) is 0.600. The monoisotopic (exact) mass is 328 g/mol. The van der Waals surface area contributed by atoms with E-state index < -0.39 is 0 Å². The molecule has 2 rings (SSSR count). The Morgan fingerprint density at radius 2 is 2.05 bits per heavy atom. The second-order valence-corrected chi connectivity index (χ2v) is 7.10. The van der Waals surface area contributed by atoms with E-state index in [1.54, 1.807) is 0 Å². The Bertz CT molecular complexity index is 468. The molecule has 1 N–H and O–H groups in total. The Morgan fingerprint density at radius 1 is 1.37 bits per heavy atom. The molecule has 0 bridgehead atoms. The topological polar surface area (TPSA) is 38.7 Å². The third-order valence-electron chi connectivity index (χ3n) is 3.45. The first-order valence-electron chi connectivity index (χ1n) is 6.50. The van der Waals surface area contributed by atoms with Crippen LogP contribution in [0.2, 0.25) is 0 Å². The number of hydrogen-bond acceptors (Lipinski definition) is 3. The maximum absolute atomic E-state index is 9.42. The molecule has 4 heteroatoms. The quantitative estimate of drug-likeness (QED) is 0.920. The highest BCUT2D eigenvalue weighted by Gasteiger charge is 2.47. The molecule has 0 spiro atoms. The number of benzene rings is 1. The van der Waals surface area contributed by atoms with Crippen LogP contribution in [-0.4, -0.2) is 22.4 Å². The van der Waals surface area contributed by atoms with Gasteiger partial charge in [0.05, 0.1) is 12.2 Å². The van der Waals surface area contributed by atoms with Gasteiger partial charge in [-0.05, 0) is 45.9 Å². The molecule has 1 aromatic rings. The van der Waals surface area contributed by atoms with Gasteiger partial charge in [0.15, 0.2) is 0 Å². The Labute approximate surface area is 123 Å². The smallest absolute Gasteiger partial charge is 0.130 e. The molecule has 1 heterocycles. The summed E-state index contributed by atoms with van der Waals surface area (Å²) in [5, 5.41) is 9.42. The van der Waals surface area contributed by atoms with Gasteiger partial charge in [-0.25, -0.2) is 0 Å². The van der Waals surface area contributed by atoms with Crippen molar-refractivity contribution in [3.8, 4) is 5.75 Å². The molecule has 0 aliphatic carbocycles. The Balaban J connectivity index is 2.22. The zero-order valence-corrected chi connectivity index (χ0v) is 13.5. The number of ether oxygens (including phenoxy) is 2. The molecule has 1 saturated heterocycles. The summed E-state index contributed by atoms with van der Waals surface area (Å²) in [5.74, 6) is 0.727. The van der Waals surface area contributed by atoms with Crippen molar-refractivity contribution in [1.29, 1.82) is 0 Å². The molecule has 1 unspecified atom stereocenters. The Kier molecular flexibility index (Phi) is 3.96. The van der Waals surface area contributed by atoms with Crippen molar-refractivity contribution in [3.63, 3.8) is 0 Å². The zero-order valence-electron chi connectivity index (χ0n) is 11.9. The minimum atomic E-state index is -0.330. The van der Waals surface area contributed by atoms with Crippen LogP contribution in [0.15, 0.2) is 22.7 Å². The van der Waals surface area contributed by atoms with E-state index in [4.69, 9.17) is 9.47 Å². The van der Waals surface area contributed by atoms with Gasteiger partial charge in [-0.2, -0.15) is 0 Å². The third-order valence-corrected chi connectivity index (χ3v) is 3.95. The summed E-state index contributed by atoms with van der Waals surface area (Å²) in [6.07, 6.45) is 0.815. The van der Waals surface area contributed by atoms with E-state index in [1.165, 1.54) is 0 Å². The van der Waals surface area contributed by atoms with E-state index in [0.29, 0.717) is 0 Å². The van der Waals surface area contributed by atoms with Crippen LogP contribution in [0.3, 0.4) is 0 Å². The number of aliphatic hydroxyl groups is 1. The van der Waals surface area contributed by atoms with Gasteiger partial charge in [-0.15, -0.1) is 0 Å². The molecule has 1 aliphatic heterocycles. The summed E-state index contributed by atoms with van der Waals surface area (Å²) >= 11 is 3.40. The molecule has 1 atom stereocenters. The van der Waals surface area contributed by atoms with Crippen LogP contribution in [0, 0.1) is 0 Å². The Morgan fingerprint density at radius 3 is 2.58 bits per heavy atom.